The molecule has 0 radical (unpaired) electrons. The maximum absolute atomic E-state index is 6.07. The molecule has 7 heteroatoms. The molecular weight excluding hydrogens is 280 g/mol. The standard InChI is InChI=1S/C13H17ClN4O2/c1-8-16-17-13(18(8)2)7-15-10-6-11(19-3)9(14)5-12(10)20-4/h5-6,15H,7H2,1-4H3. The van der Waals surface area contributed by atoms with E-state index in [9.17, 15) is 0 Å². The zero-order valence-electron chi connectivity index (χ0n) is 11.9. The van der Waals surface area contributed by atoms with Crippen molar-refractivity contribution in [1.29, 1.82) is 0 Å². The summed E-state index contributed by atoms with van der Waals surface area (Å²) in [7, 11) is 5.09. The quantitative estimate of drug-likeness (QED) is 0.918. The van der Waals surface area contributed by atoms with Crippen molar-refractivity contribution in [2.45, 2.75) is 13.5 Å². The Bertz CT molecular complexity index is 613. The Balaban J connectivity index is 2.22. The Kier molecular flexibility index (Phi) is 4.34. The molecule has 0 atom stereocenters. The van der Waals surface area contributed by atoms with Gasteiger partial charge in [-0.3, -0.25) is 0 Å². The van der Waals surface area contributed by atoms with Crippen molar-refractivity contribution in [3.63, 3.8) is 0 Å². The molecule has 108 valence electrons. The lowest BCUT2D eigenvalue weighted by Gasteiger charge is -2.13. The summed E-state index contributed by atoms with van der Waals surface area (Å²) >= 11 is 6.07. The van der Waals surface area contributed by atoms with Gasteiger partial charge in [-0.05, 0) is 6.92 Å². The predicted octanol–water partition coefficient (Wildman–Crippen LogP) is 2.41. The highest BCUT2D eigenvalue weighted by atomic mass is 35.5. The largest absolute Gasteiger partial charge is 0.495 e. The van der Waals surface area contributed by atoms with Gasteiger partial charge in [-0.1, -0.05) is 11.6 Å². The molecule has 0 aliphatic carbocycles. The van der Waals surface area contributed by atoms with Crippen LogP contribution in [0.25, 0.3) is 0 Å². The van der Waals surface area contributed by atoms with Gasteiger partial charge in [0.05, 0.1) is 31.5 Å². The number of aryl methyl sites for hydroxylation is 1. The predicted molar refractivity (Wildman–Crippen MR) is 77.6 cm³/mol. The Hall–Kier alpha value is -1.95. The van der Waals surface area contributed by atoms with Crippen LogP contribution >= 0.6 is 11.6 Å². The maximum atomic E-state index is 6.07. The van der Waals surface area contributed by atoms with E-state index in [-0.39, 0.29) is 0 Å². The van der Waals surface area contributed by atoms with E-state index in [0.717, 1.165) is 17.3 Å². The molecule has 2 rings (SSSR count). The van der Waals surface area contributed by atoms with E-state index in [2.05, 4.69) is 15.5 Å². The summed E-state index contributed by atoms with van der Waals surface area (Å²) in [4.78, 5) is 0. The zero-order chi connectivity index (χ0) is 14.7. The zero-order valence-corrected chi connectivity index (χ0v) is 12.7. The van der Waals surface area contributed by atoms with Crippen molar-refractivity contribution in [1.82, 2.24) is 14.8 Å². The molecule has 20 heavy (non-hydrogen) atoms. The van der Waals surface area contributed by atoms with Crippen LogP contribution in [0.5, 0.6) is 11.5 Å². The molecule has 0 aliphatic heterocycles. The Morgan fingerprint density at radius 3 is 2.45 bits per heavy atom. The number of anilines is 1. The van der Waals surface area contributed by atoms with Gasteiger partial charge in [0.2, 0.25) is 0 Å². The lowest BCUT2D eigenvalue weighted by molar-refractivity contribution is 0.404. The normalized spacial score (nSPS) is 10.4. The summed E-state index contributed by atoms with van der Waals surface area (Å²) < 4.78 is 12.4. The summed E-state index contributed by atoms with van der Waals surface area (Å²) in [6.07, 6.45) is 0. The third kappa shape index (κ3) is 2.80. The number of halogens is 1. The number of hydrogen-bond donors (Lipinski definition) is 1. The van der Waals surface area contributed by atoms with Gasteiger partial charge < -0.3 is 19.4 Å². The van der Waals surface area contributed by atoms with E-state index in [4.69, 9.17) is 21.1 Å². The minimum atomic E-state index is 0.504. The van der Waals surface area contributed by atoms with Gasteiger partial charge in [-0.15, -0.1) is 10.2 Å². The van der Waals surface area contributed by atoms with Crippen molar-refractivity contribution in [3.05, 3.63) is 28.8 Å². The first-order valence-electron chi connectivity index (χ1n) is 6.07. The molecule has 0 amide bonds. The van der Waals surface area contributed by atoms with Crippen LogP contribution in [-0.4, -0.2) is 29.0 Å². The number of methoxy groups -OCH3 is 2. The Morgan fingerprint density at radius 2 is 1.90 bits per heavy atom. The van der Waals surface area contributed by atoms with Crippen LogP contribution in [0.1, 0.15) is 11.6 Å². The molecule has 0 saturated heterocycles. The Labute approximate surface area is 122 Å². The molecule has 0 saturated carbocycles. The van der Waals surface area contributed by atoms with E-state index in [0.29, 0.717) is 23.1 Å². The third-order valence-electron chi connectivity index (χ3n) is 3.09. The molecule has 0 aliphatic rings. The fraction of sp³-hybridized carbons (Fsp3) is 0.385. The molecule has 2 aromatic rings. The minimum absolute atomic E-state index is 0.504. The van der Waals surface area contributed by atoms with Crippen LogP contribution < -0.4 is 14.8 Å². The number of nitrogens with one attached hydrogen (secondary N) is 1. The van der Waals surface area contributed by atoms with Gasteiger partial charge in [-0.2, -0.15) is 0 Å². The van der Waals surface area contributed by atoms with Crippen LogP contribution in [-0.2, 0) is 13.6 Å². The lowest BCUT2D eigenvalue weighted by atomic mass is 10.2. The van der Waals surface area contributed by atoms with Gasteiger partial charge >= 0.3 is 0 Å². The van der Waals surface area contributed by atoms with Gasteiger partial charge in [-0.25, -0.2) is 0 Å². The summed E-state index contributed by atoms with van der Waals surface area (Å²) in [5.41, 5.74) is 0.786. The SMILES string of the molecule is COc1cc(NCc2nnc(C)n2C)c(OC)cc1Cl. The van der Waals surface area contributed by atoms with Crippen molar-refractivity contribution < 1.29 is 9.47 Å². The average molecular weight is 297 g/mol. The number of aromatic nitrogens is 3. The number of benzene rings is 1. The van der Waals surface area contributed by atoms with Crippen molar-refractivity contribution in [2.24, 2.45) is 7.05 Å². The number of rotatable bonds is 5. The molecule has 0 bridgehead atoms. The highest BCUT2D eigenvalue weighted by molar-refractivity contribution is 6.32. The van der Waals surface area contributed by atoms with Crippen LogP contribution in [0, 0.1) is 6.92 Å². The molecule has 0 fully saturated rings. The molecule has 1 aromatic heterocycles. The van der Waals surface area contributed by atoms with Gasteiger partial charge in [0.1, 0.15) is 17.3 Å². The van der Waals surface area contributed by atoms with E-state index < -0.39 is 0 Å². The molecule has 0 unspecified atom stereocenters. The smallest absolute Gasteiger partial charge is 0.152 e. The number of ether oxygens (including phenoxy) is 2. The molecule has 6 nitrogen and oxygen atoms in total. The third-order valence-corrected chi connectivity index (χ3v) is 3.39. The van der Waals surface area contributed by atoms with Crippen molar-refractivity contribution in [3.8, 4) is 11.5 Å². The fourth-order valence-corrected chi connectivity index (χ4v) is 2.01. The first kappa shape index (κ1) is 14.5. The lowest BCUT2D eigenvalue weighted by Crippen LogP contribution is -2.07. The number of hydrogen-bond acceptors (Lipinski definition) is 5. The molecule has 1 aromatic carbocycles. The van der Waals surface area contributed by atoms with E-state index >= 15 is 0 Å². The second-order valence-electron chi connectivity index (χ2n) is 4.26. The van der Waals surface area contributed by atoms with Gasteiger partial charge in [0, 0.05) is 19.2 Å². The van der Waals surface area contributed by atoms with Gasteiger partial charge in [0.25, 0.3) is 0 Å². The topological polar surface area (TPSA) is 61.2 Å². The first-order chi connectivity index (χ1) is 9.56. The highest BCUT2D eigenvalue weighted by Gasteiger charge is 2.11. The second kappa shape index (κ2) is 6.00. The molecule has 1 heterocycles. The molecular formula is C13H17ClN4O2. The van der Waals surface area contributed by atoms with Crippen LogP contribution in [0.15, 0.2) is 12.1 Å². The molecule has 1 N–H and O–H groups in total. The Morgan fingerprint density at radius 1 is 1.20 bits per heavy atom. The van der Waals surface area contributed by atoms with E-state index in [1.165, 1.54) is 0 Å². The van der Waals surface area contributed by atoms with Crippen LogP contribution in [0.3, 0.4) is 0 Å². The monoisotopic (exact) mass is 296 g/mol. The molecule has 0 spiro atoms. The average Bonchev–Trinajstić information content (AvgIpc) is 2.77. The van der Waals surface area contributed by atoms with Crippen molar-refractivity contribution in [2.75, 3.05) is 19.5 Å². The van der Waals surface area contributed by atoms with Crippen LogP contribution in [0.2, 0.25) is 5.02 Å². The maximum Gasteiger partial charge on any atom is 0.152 e. The number of nitrogens with zero attached hydrogens (tertiary/aromatic N) is 3. The highest BCUT2D eigenvalue weighted by Crippen LogP contribution is 2.35. The first-order valence-corrected chi connectivity index (χ1v) is 6.45. The van der Waals surface area contributed by atoms with Crippen LogP contribution in [0.4, 0.5) is 5.69 Å². The minimum Gasteiger partial charge on any atom is -0.495 e. The summed E-state index contributed by atoms with van der Waals surface area (Å²) in [5.74, 6) is 2.93. The van der Waals surface area contributed by atoms with E-state index in [1.54, 1.807) is 26.4 Å². The second-order valence-corrected chi connectivity index (χ2v) is 4.67. The van der Waals surface area contributed by atoms with Crippen molar-refractivity contribution >= 4 is 17.3 Å². The summed E-state index contributed by atoms with van der Waals surface area (Å²) in [6.45, 7) is 2.43. The van der Waals surface area contributed by atoms with Gasteiger partial charge in [0.15, 0.2) is 5.82 Å². The fourth-order valence-electron chi connectivity index (χ4n) is 1.78. The summed E-state index contributed by atoms with van der Waals surface area (Å²) in [6, 6.07) is 3.51. The summed E-state index contributed by atoms with van der Waals surface area (Å²) in [5, 5.41) is 11.9. The van der Waals surface area contributed by atoms with E-state index in [1.807, 2.05) is 18.5 Å².